The van der Waals surface area contributed by atoms with E-state index in [0.717, 1.165) is 17.1 Å². The number of hydrogen-bond acceptors (Lipinski definition) is 5. The van der Waals surface area contributed by atoms with E-state index >= 15 is 0 Å². The van der Waals surface area contributed by atoms with Crippen molar-refractivity contribution in [2.45, 2.75) is 20.8 Å². The van der Waals surface area contributed by atoms with Crippen molar-refractivity contribution in [3.8, 4) is 0 Å². The third-order valence-electron chi connectivity index (χ3n) is 4.44. The van der Waals surface area contributed by atoms with Crippen LogP contribution in [-0.2, 0) is 0 Å². The van der Waals surface area contributed by atoms with Gasteiger partial charge in [-0.15, -0.1) is 0 Å². The number of rotatable bonds is 3. The van der Waals surface area contributed by atoms with Gasteiger partial charge in [0.1, 0.15) is 11.5 Å². The predicted molar refractivity (Wildman–Crippen MR) is 90.4 cm³/mol. The zero-order chi connectivity index (χ0) is 17.3. The Morgan fingerprint density at radius 2 is 1.83 bits per heavy atom. The molecule has 0 saturated carbocycles. The maximum Gasteiger partial charge on any atom is 0.270 e. The monoisotopic (exact) mass is 327 g/mol. The molecule has 1 aliphatic rings. The van der Waals surface area contributed by atoms with Crippen molar-refractivity contribution in [3.63, 3.8) is 0 Å². The fraction of sp³-hybridized carbons (Fsp3) is 0.412. The molecule has 0 radical (unpaired) electrons. The largest absolute Gasteiger partial charge is 0.354 e. The number of hydrogen-bond donors (Lipinski definition) is 1. The van der Waals surface area contributed by atoms with Crippen molar-refractivity contribution in [2.24, 2.45) is 0 Å². The number of aryl methyl sites for hydroxylation is 1. The molecule has 1 saturated heterocycles. The van der Waals surface area contributed by atoms with Crippen LogP contribution in [0.3, 0.4) is 0 Å². The molecule has 0 aliphatic carbocycles. The van der Waals surface area contributed by atoms with Gasteiger partial charge < -0.3 is 14.8 Å². The van der Waals surface area contributed by atoms with Crippen molar-refractivity contribution in [1.29, 1.82) is 0 Å². The summed E-state index contributed by atoms with van der Waals surface area (Å²) in [5.41, 5.74) is 2.63. The fourth-order valence-corrected chi connectivity index (χ4v) is 3.24. The summed E-state index contributed by atoms with van der Waals surface area (Å²) in [7, 11) is 0. The minimum absolute atomic E-state index is 0.0206. The zero-order valence-electron chi connectivity index (χ0n) is 14.2. The van der Waals surface area contributed by atoms with Gasteiger partial charge in [0.25, 0.3) is 5.91 Å². The maximum absolute atomic E-state index is 12.8. The predicted octanol–water partition coefficient (Wildman–Crippen LogP) is 1.59. The topological polar surface area (TPSA) is 82.2 Å². The number of amides is 1. The van der Waals surface area contributed by atoms with E-state index < -0.39 is 0 Å². The van der Waals surface area contributed by atoms with Gasteiger partial charge in [0.2, 0.25) is 0 Å². The average Bonchev–Trinajstić information content (AvgIpc) is 2.89. The quantitative estimate of drug-likeness (QED) is 0.866. The summed E-state index contributed by atoms with van der Waals surface area (Å²) in [6.45, 7) is 7.82. The Hall–Kier alpha value is -2.70. The van der Waals surface area contributed by atoms with Crippen LogP contribution in [0.1, 0.15) is 39.0 Å². The molecule has 3 rings (SSSR count). The Labute approximate surface area is 140 Å². The lowest BCUT2D eigenvalue weighted by Crippen LogP contribution is -2.49. The second kappa shape index (κ2) is 6.43. The molecule has 7 heteroatoms. The lowest BCUT2D eigenvalue weighted by Gasteiger charge is -2.35. The minimum atomic E-state index is -0.0538. The van der Waals surface area contributed by atoms with Crippen LogP contribution in [0.5, 0.6) is 0 Å². The normalized spacial score (nSPS) is 14.8. The maximum atomic E-state index is 12.8. The van der Waals surface area contributed by atoms with Crippen LogP contribution >= 0.6 is 0 Å². The van der Waals surface area contributed by atoms with E-state index in [9.17, 15) is 9.59 Å². The van der Waals surface area contributed by atoms with Crippen LogP contribution in [0, 0.1) is 13.8 Å². The van der Waals surface area contributed by atoms with E-state index in [1.54, 1.807) is 18.6 Å². The SMILES string of the molecule is CC(=O)c1c(C)[nH]c(C(=O)N2CCN(c3cnccn3)CC2)c1C. The van der Waals surface area contributed by atoms with Gasteiger partial charge in [-0.05, 0) is 26.3 Å². The number of Topliss-reactive ketones (excluding diaryl/α,β-unsaturated/α-hetero) is 1. The molecule has 3 heterocycles. The van der Waals surface area contributed by atoms with E-state index in [-0.39, 0.29) is 11.7 Å². The molecule has 0 unspecified atom stereocenters. The fourth-order valence-electron chi connectivity index (χ4n) is 3.24. The van der Waals surface area contributed by atoms with Gasteiger partial charge in [0, 0.05) is 49.8 Å². The third kappa shape index (κ3) is 2.89. The van der Waals surface area contributed by atoms with E-state index in [4.69, 9.17) is 0 Å². The van der Waals surface area contributed by atoms with E-state index in [2.05, 4.69) is 19.9 Å². The van der Waals surface area contributed by atoms with Gasteiger partial charge in [-0.3, -0.25) is 14.6 Å². The van der Waals surface area contributed by atoms with Gasteiger partial charge in [-0.2, -0.15) is 0 Å². The summed E-state index contributed by atoms with van der Waals surface area (Å²) in [4.78, 5) is 39.9. The summed E-state index contributed by atoms with van der Waals surface area (Å²) in [5, 5.41) is 0. The smallest absolute Gasteiger partial charge is 0.270 e. The number of nitrogens with one attached hydrogen (secondary N) is 1. The highest BCUT2D eigenvalue weighted by molar-refractivity contribution is 6.02. The number of anilines is 1. The lowest BCUT2D eigenvalue weighted by molar-refractivity contribution is 0.0740. The number of nitrogens with zero attached hydrogens (tertiary/aromatic N) is 4. The number of H-pyrrole nitrogens is 1. The second-order valence-corrected chi connectivity index (χ2v) is 6.02. The molecule has 7 nitrogen and oxygen atoms in total. The molecule has 1 aliphatic heterocycles. The first-order valence-electron chi connectivity index (χ1n) is 7.99. The number of carbonyl (C=O) groups excluding carboxylic acids is 2. The summed E-state index contributed by atoms with van der Waals surface area (Å²) < 4.78 is 0. The van der Waals surface area contributed by atoms with E-state index in [1.807, 2.05) is 18.7 Å². The molecule has 0 atom stereocenters. The highest BCUT2D eigenvalue weighted by Crippen LogP contribution is 2.21. The van der Waals surface area contributed by atoms with Crippen LogP contribution < -0.4 is 4.90 Å². The highest BCUT2D eigenvalue weighted by atomic mass is 16.2. The van der Waals surface area contributed by atoms with Crippen molar-refractivity contribution < 1.29 is 9.59 Å². The molecule has 2 aromatic rings. The number of ketones is 1. The second-order valence-electron chi connectivity index (χ2n) is 6.02. The standard InChI is InChI=1S/C17H21N5O2/c1-11-15(13(3)23)12(2)20-16(11)17(24)22-8-6-21(7-9-22)14-10-18-4-5-19-14/h4-5,10,20H,6-9H2,1-3H3. The first kappa shape index (κ1) is 16.2. The van der Waals surface area contributed by atoms with Crippen molar-refractivity contribution >= 4 is 17.5 Å². The first-order chi connectivity index (χ1) is 11.5. The van der Waals surface area contributed by atoms with Crippen LogP contribution in [0.2, 0.25) is 0 Å². The Bertz CT molecular complexity index is 761. The van der Waals surface area contributed by atoms with Gasteiger partial charge in [0.05, 0.1) is 6.20 Å². The average molecular weight is 327 g/mol. The molecule has 126 valence electrons. The summed E-state index contributed by atoms with van der Waals surface area (Å²) >= 11 is 0. The molecule has 1 amide bonds. The van der Waals surface area contributed by atoms with Crippen molar-refractivity contribution in [2.75, 3.05) is 31.1 Å². The summed E-state index contributed by atoms with van der Waals surface area (Å²) in [6, 6.07) is 0. The molecule has 0 spiro atoms. The molecular weight excluding hydrogens is 306 g/mol. The van der Waals surface area contributed by atoms with Crippen LogP contribution in [0.15, 0.2) is 18.6 Å². The van der Waals surface area contributed by atoms with E-state index in [1.165, 1.54) is 6.92 Å². The molecule has 2 aromatic heterocycles. The van der Waals surface area contributed by atoms with Crippen LogP contribution in [0.4, 0.5) is 5.82 Å². The molecule has 0 bridgehead atoms. The Kier molecular flexibility index (Phi) is 4.33. The van der Waals surface area contributed by atoms with Crippen LogP contribution in [0.25, 0.3) is 0 Å². The summed E-state index contributed by atoms with van der Waals surface area (Å²) in [5.74, 6) is 0.755. The highest BCUT2D eigenvalue weighted by Gasteiger charge is 2.27. The molecule has 24 heavy (non-hydrogen) atoms. The Morgan fingerprint density at radius 1 is 1.12 bits per heavy atom. The van der Waals surface area contributed by atoms with Gasteiger partial charge in [0.15, 0.2) is 5.78 Å². The Balaban J connectivity index is 1.72. The Morgan fingerprint density at radius 3 is 2.38 bits per heavy atom. The number of carbonyl (C=O) groups is 2. The molecule has 1 fully saturated rings. The number of aromatic amines is 1. The third-order valence-corrected chi connectivity index (χ3v) is 4.44. The zero-order valence-corrected chi connectivity index (χ0v) is 14.2. The molecular formula is C17H21N5O2. The number of piperazine rings is 1. The van der Waals surface area contributed by atoms with Crippen molar-refractivity contribution in [1.82, 2.24) is 19.9 Å². The van der Waals surface area contributed by atoms with E-state index in [0.29, 0.717) is 37.4 Å². The number of aromatic nitrogens is 3. The summed E-state index contributed by atoms with van der Waals surface area (Å²) in [6.07, 6.45) is 5.04. The van der Waals surface area contributed by atoms with Gasteiger partial charge in [-0.25, -0.2) is 4.98 Å². The molecule has 1 N–H and O–H groups in total. The van der Waals surface area contributed by atoms with Gasteiger partial charge in [-0.1, -0.05) is 0 Å². The minimum Gasteiger partial charge on any atom is -0.354 e. The first-order valence-corrected chi connectivity index (χ1v) is 7.99. The lowest BCUT2D eigenvalue weighted by atomic mass is 10.1. The van der Waals surface area contributed by atoms with Crippen molar-refractivity contribution in [3.05, 3.63) is 41.1 Å². The van der Waals surface area contributed by atoms with Crippen LogP contribution in [-0.4, -0.2) is 57.7 Å². The molecule has 0 aromatic carbocycles. The van der Waals surface area contributed by atoms with Gasteiger partial charge >= 0.3 is 0 Å².